The van der Waals surface area contributed by atoms with Gasteiger partial charge in [0, 0.05) is 30.5 Å². The number of hydrogen-bond donors (Lipinski definition) is 2. The van der Waals surface area contributed by atoms with Crippen LogP contribution < -0.4 is 14.8 Å². The normalized spacial score (nSPS) is 13.0. The van der Waals surface area contributed by atoms with Crippen LogP contribution in [0.3, 0.4) is 0 Å². The van der Waals surface area contributed by atoms with Crippen molar-refractivity contribution < 1.29 is 17.9 Å². The molecule has 3 aromatic rings. The number of fused-ring (bicyclic) bond motifs is 1. The van der Waals surface area contributed by atoms with Crippen molar-refractivity contribution in [2.24, 2.45) is 0 Å². The summed E-state index contributed by atoms with van der Waals surface area (Å²) in [4.78, 5) is 0. The van der Waals surface area contributed by atoms with Crippen LogP contribution in [0.1, 0.15) is 16.7 Å². The maximum absolute atomic E-state index is 11.4. The number of hydrogen-bond acceptors (Lipinski definition) is 6. The van der Waals surface area contributed by atoms with Gasteiger partial charge in [-0.1, -0.05) is 24.3 Å². The van der Waals surface area contributed by atoms with Gasteiger partial charge in [0.05, 0.1) is 17.6 Å². The smallest absolute Gasteiger partial charge is 0.231 e. The molecule has 0 atom stereocenters. The standard InChI is InChI=1S/C20H21N3O4S/c1-28(24,25)12-15-4-2-14(3-5-15)9-21-10-17-11-22-23-20(17)16-6-7-18-19(8-16)27-13-26-18/h2-8,11,21H,9-10,12-13H2,1H3,(H,22,23). The monoisotopic (exact) mass is 399 g/mol. The number of H-pyrrole nitrogens is 1. The van der Waals surface area contributed by atoms with Crippen molar-refractivity contribution in [2.75, 3.05) is 13.0 Å². The van der Waals surface area contributed by atoms with Crippen LogP contribution in [0.2, 0.25) is 0 Å². The average molecular weight is 399 g/mol. The summed E-state index contributed by atoms with van der Waals surface area (Å²) in [5.41, 5.74) is 4.86. The van der Waals surface area contributed by atoms with E-state index in [4.69, 9.17) is 9.47 Å². The number of aromatic nitrogens is 2. The molecule has 0 fully saturated rings. The first-order valence-corrected chi connectivity index (χ1v) is 10.9. The fourth-order valence-electron chi connectivity index (χ4n) is 3.14. The van der Waals surface area contributed by atoms with Crippen LogP contribution in [0.4, 0.5) is 0 Å². The molecular weight excluding hydrogens is 378 g/mol. The maximum Gasteiger partial charge on any atom is 0.231 e. The minimum atomic E-state index is -3.01. The van der Waals surface area contributed by atoms with Gasteiger partial charge in [0.25, 0.3) is 0 Å². The lowest BCUT2D eigenvalue weighted by molar-refractivity contribution is 0.174. The van der Waals surface area contributed by atoms with Gasteiger partial charge in [-0.2, -0.15) is 5.10 Å². The van der Waals surface area contributed by atoms with Crippen LogP contribution in [0.5, 0.6) is 11.5 Å². The van der Waals surface area contributed by atoms with Gasteiger partial charge in [0.15, 0.2) is 21.3 Å². The number of ether oxygens (including phenoxy) is 2. The van der Waals surface area contributed by atoms with Crippen molar-refractivity contribution in [1.82, 2.24) is 15.5 Å². The van der Waals surface area contributed by atoms with Gasteiger partial charge in [-0.25, -0.2) is 8.42 Å². The first kappa shape index (κ1) is 18.5. The van der Waals surface area contributed by atoms with E-state index in [1.54, 1.807) is 0 Å². The third-order valence-corrected chi connectivity index (χ3v) is 5.33. The van der Waals surface area contributed by atoms with Crippen molar-refractivity contribution in [3.63, 3.8) is 0 Å². The molecular formula is C20H21N3O4S. The second-order valence-corrected chi connectivity index (χ2v) is 8.97. The summed E-state index contributed by atoms with van der Waals surface area (Å²) >= 11 is 0. The number of rotatable bonds is 7. The summed E-state index contributed by atoms with van der Waals surface area (Å²) in [5, 5.41) is 10.6. The third-order valence-electron chi connectivity index (χ3n) is 4.48. The van der Waals surface area contributed by atoms with Gasteiger partial charge < -0.3 is 14.8 Å². The second-order valence-electron chi connectivity index (χ2n) is 6.83. The number of nitrogens with zero attached hydrogens (tertiary/aromatic N) is 1. The predicted octanol–water partition coefficient (Wildman–Crippen LogP) is 2.64. The summed E-state index contributed by atoms with van der Waals surface area (Å²) in [6.07, 6.45) is 3.05. The molecule has 1 aliphatic heterocycles. The van der Waals surface area contributed by atoms with Crippen molar-refractivity contribution >= 4 is 9.84 Å². The van der Waals surface area contributed by atoms with E-state index >= 15 is 0 Å². The van der Waals surface area contributed by atoms with E-state index in [0.717, 1.165) is 39.4 Å². The molecule has 1 aliphatic rings. The van der Waals surface area contributed by atoms with E-state index < -0.39 is 9.84 Å². The molecule has 1 aromatic heterocycles. The Labute approximate surface area is 163 Å². The summed E-state index contributed by atoms with van der Waals surface area (Å²) in [5.74, 6) is 1.55. The minimum absolute atomic E-state index is 0.0641. The van der Waals surface area contributed by atoms with Crippen molar-refractivity contribution in [1.29, 1.82) is 0 Å². The van der Waals surface area contributed by atoms with Gasteiger partial charge in [0.2, 0.25) is 6.79 Å². The lowest BCUT2D eigenvalue weighted by Gasteiger charge is -2.08. The number of sulfone groups is 1. The summed E-state index contributed by atoms with van der Waals surface area (Å²) in [7, 11) is -3.01. The Hall–Kier alpha value is -2.84. The van der Waals surface area contributed by atoms with Crippen molar-refractivity contribution in [3.8, 4) is 22.8 Å². The van der Waals surface area contributed by atoms with Gasteiger partial charge in [-0.15, -0.1) is 0 Å². The van der Waals surface area contributed by atoms with Crippen LogP contribution in [-0.2, 0) is 28.7 Å². The number of aromatic amines is 1. The molecule has 0 bridgehead atoms. The second kappa shape index (κ2) is 7.65. The molecule has 8 heteroatoms. The first-order chi connectivity index (χ1) is 13.5. The molecule has 2 heterocycles. The van der Waals surface area contributed by atoms with E-state index in [1.165, 1.54) is 6.26 Å². The predicted molar refractivity (Wildman–Crippen MR) is 106 cm³/mol. The summed E-state index contributed by atoms with van der Waals surface area (Å²) < 4.78 is 33.5. The Morgan fingerprint density at radius 3 is 2.57 bits per heavy atom. The zero-order valence-corrected chi connectivity index (χ0v) is 16.3. The van der Waals surface area contributed by atoms with E-state index in [0.29, 0.717) is 13.1 Å². The molecule has 28 heavy (non-hydrogen) atoms. The molecule has 0 spiro atoms. The van der Waals surface area contributed by atoms with Gasteiger partial charge >= 0.3 is 0 Å². The highest BCUT2D eigenvalue weighted by atomic mass is 32.2. The molecule has 4 rings (SSSR count). The zero-order valence-electron chi connectivity index (χ0n) is 15.4. The SMILES string of the molecule is CS(=O)(=O)Cc1ccc(CNCc2cn[nH]c2-c2ccc3c(c2)OCO3)cc1. The average Bonchev–Trinajstić information content (AvgIpc) is 3.30. The van der Waals surface area contributed by atoms with Crippen LogP contribution in [0.15, 0.2) is 48.7 Å². The lowest BCUT2D eigenvalue weighted by Crippen LogP contribution is -2.13. The Kier molecular flexibility index (Phi) is 5.06. The first-order valence-electron chi connectivity index (χ1n) is 8.86. The van der Waals surface area contributed by atoms with Gasteiger partial charge in [-0.3, -0.25) is 5.10 Å². The van der Waals surface area contributed by atoms with E-state index in [-0.39, 0.29) is 12.5 Å². The Morgan fingerprint density at radius 1 is 1.04 bits per heavy atom. The Balaban J connectivity index is 1.38. The molecule has 2 N–H and O–H groups in total. The summed E-state index contributed by atoms with van der Waals surface area (Å²) in [6, 6.07) is 13.4. The molecule has 0 radical (unpaired) electrons. The quantitative estimate of drug-likeness (QED) is 0.634. The molecule has 7 nitrogen and oxygen atoms in total. The van der Waals surface area contributed by atoms with Crippen LogP contribution in [-0.4, -0.2) is 31.7 Å². The van der Waals surface area contributed by atoms with Crippen LogP contribution in [0.25, 0.3) is 11.3 Å². The highest BCUT2D eigenvalue weighted by Gasteiger charge is 2.16. The van der Waals surface area contributed by atoms with E-state index in [9.17, 15) is 8.42 Å². The Bertz CT molecular complexity index is 1080. The van der Waals surface area contributed by atoms with Gasteiger partial charge in [-0.05, 0) is 29.3 Å². The van der Waals surface area contributed by atoms with Crippen molar-refractivity contribution in [2.45, 2.75) is 18.8 Å². The lowest BCUT2D eigenvalue weighted by atomic mass is 10.1. The molecule has 146 valence electrons. The number of nitrogens with one attached hydrogen (secondary N) is 2. The minimum Gasteiger partial charge on any atom is -0.454 e. The topological polar surface area (TPSA) is 93.3 Å². The molecule has 0 saturated heterocycles. The van der Waals surface area contributed by atoms with Crippen molar-refractivity contribution in [3.05, 3.63) is 65.4 Å². The summed E-state index contributed by atoms with van der Waals surface area (Å²) in [6.45, 7) is 1.56. The fraction of sp³-hybridized carbons (Fsp3) is 0.250. The maximum atomic E-state index is 11.4. The largest absolute Gasteiger partial charge is 0.454 e. The highest BCUT2D eigenvalue weighted by Crippen LogP contribution is 2.36. The highest BCUT2D eigenvalue weighted by molar-refractivity contribution is 7.89. The van der Waals surface area contributed by atoms with Crippen LogP contribution >= 0.6 is 0 Å². The Morgan fingerprint density at radius 2 is 1.79 bits per heavy atom. The molecule has 0 saturated carbocycles. The number of benzene rings is 2. The van der Waals surface area contributed by atoms with E-state index in [2.05, 4.69) is 15.5 Å². The molecule has 0 amide bonds. The van der Waals surface area contributed by atoms with Crippen LogP contribution in [0, 0.1) is 0 Å². The molecule has 2 aromatic carbocycles. The third kappa shape index (κ3) is 4.35. The van der Waals surface area contributed by atoms with E-state index in [1.807, 2.05) is 48.7 Å². The zero-order chi connectivity index (χ0) is 19.6. The molecule has 0 unspecified atom stereocenters. The molecule has 0 aliphatic carbocycles. The van der Waals surface area contributed by atoms with Gasteiger partial charge in [0.1, 0.15) is 0 Å². The fourth-order valence-corrected chi connectivity index (χ4v) is 3.94.